The number of amides is 3. The summed E-state index contributed by atoms with van der Waals surface area (Å²) in [7, 11) is 2.94. The number of carbonyl (C=O) groups is 2. The molecule has 0 radical (unpaired) electrons. The highest BCUT2D eigenvalue weighted by atomic mass is 35.5. The zero-order chi connectivity index (χ0) is 11.2. The van der Waals surface area contributed by atoms with Crippen LogP contribution in [0.15, 0.2) is 9.98 Å². The summed E-state index contributed by atoms with van der Waals surface area (Å²) in [5.41, 5.74) is 0. The number of fused-ring (bicyclic) bond motifs is 1. The molecule has 0 N–H and O–H groups in total. The fourth-order valence-corrected chi connectivity index (χ4v) is 1.59. The minimum Gasteiger partial charge on any atom is -0.253 e. The Morgan fingerprint density at radius 1 is 1.53 bits per heavy atom. The number of urea groups is 1. The first kappa shape index (κ1) is 9.97. The normalized spacial score (nSPS) is 25.7. The van der Waals surface area contributed by atoms with Gasteiger partial charge in [-0.25, -0.2) is 9.79 Å². The van der Waals surface area contributed by atoms with Gasteiger partial charge in [0.1, 0.15) is 6.21 Å². The predicted molar refractivity (Wildman–Crippen MR) is 54.9 cm³/mol. The average molecular weight is 228 g/mol. The molecular formula is C8H8ClN4O2+. The molecule has 2 heterocycles. The molecule has 3 amide bonds. The Morgan fingerprint density at radius 3 is 2.87 bits per heavy atom. The van der Waals surface area contributed by atoms with E-state index in [0.29, 0.717) is 5.84 Å². The summed E-state index contributed by atoms with van der Waals surface area (Å²) in [6.45, 7) is 0. The number of imide groups is 1. The second-order valence-electron chi connectivity index (χ2n) is 3.21. The van der Waals surface area contributed by atoms with Gasteiger partial charge in [-0.2, -0.15) is 9.48 Å². The minimum absolute atomic E-state index is 0.160. The van der Waals surface area contributed by atoms with Crippen LogP contribution < -0.4 is 0 Å². The smallest absolute Gasteiger partial charge is 0.253 e. The van der Waals surface area contributed by atoms with Crippen molar-refractivity contribution in [2.75, 3.05) is 14.1 Å². The predicted octanol–water partition coefficient (Wildman–Crippen LogP) is -0.291. The Labute approximate surface area is 90.6 Å². The lowest BCUT2D eigenvalue weighted by atomic mass is 10.2. The molecule has 0 aromatic rings. The van der Waals surface area contributed by atoms with E-state index in [9.17, 15) is 9.59 Å². The molecule has 0 aliphatic carbocycles. The maximum Gasteiger partial charge on any atom is 0.445 e. The highest BCUT2D eigenvalue weighted by molar-refractivity contribution is 6.80. The van der Waals surface area contributed by atoms with Crippen LogP contribution in [0.4, 0.5) is 4.79 Å². The number of aliphatic imine (C=N–C) groups is 2. The number of hydrogen-bond donors (Lipinski definition) is 0. The van der Waals surface area contributed by atoms with Gasteiger partial charge in [0.15, 0.2) is 5.17 Å². The zero-order valence-corrected chi connectivity index (χ0v) is 8.89. The molecule has 2 aliphatic heterocycles. The first-order valence-electron chi connectivity index (χ1n) is 4.22. The van der Waals surface area contributed by atoms with E-state index in [1.165, 1.54) is 17.8 Å². The third-order valence-corrected chi connectivity index (χ3v) is 2.48. The van der Waals surface area contributed by atoms with Crippen LogP contribution in [0.5, 0.6) is 0 Å². The third-order valence-electron chi connectivity index (χ3n) is 2.28. The van der Waals surface area contributed by atoms with Crippen molar-refractivity contribution in [3.05, 3.63) is 0 Å². The highest BCUT2D eigenvalue weighted by Gasteiger charge is 2.45. The second kappa shape index (κ2) is 3.23. The van der Waals surface area contributed by atoms with E-state index in [1.54, 1.807) is 7.05 Å². The van der Waals surface area contributed by atoms with Crippen LogP contribution in [-0.4, -0.2) is 58.8 Å². The largest absolute Gasteiger partial charge is 0.445 e. The molecule has 0 bridgehead atoms. The highest BCUT2D eigenvalue weighted by Crippen LogP contribution is 2.13. The summed E-state index contributed by atoms with van der Waals surface area (Å²) in [5.74, 6) is -0.101. The Morgan fingerprint density at radius 2 is 2.20 bits per heavy atom. The standard InChI is InChI=1S/C8H8ClN4O2/c1-12-6-5(11-4(9)3-10-6)7(14)13(2)8(12)15/h3,5H,1-2H3/q+1. The molecule has 0 aromatic carbocycles. The molecule has 0 saturated carbocycles. The number of halogens is 1. The van der Waals surface area contributed by atoms with Gasteiger partial charge >= 0.3 is 11.9 Å². The van der Waals surface area contributed by atoms with Crippen molar-refractivity contribution in [1.82, 2.24) is 4.90 Å². The van der Waals surface area contributed by atoms with Crippen LogP contribution in [-0.2, 0) is 4.79 Å². The van der Waals surface area contributed by atoms with Crippen molar-refractivity contribution in [3.8, 4) is 0 Å². The molecule has 6 nitrogen and oxygen atoms in total. The number of amidine groups is 1. The lowest BCUT2D eigenvalue weighted by Gasteiger charge is -2.22. The maximum atomic E-state index is 11.7. The third kappa shape index (κ3) is 1.37. The van der Waals surface area contributed by atoms with Crippen molar-refractivity contribution < 1.29 is 14.2 Å². The lowest BCUT2D eigenvalue weighted by molar-refractivity contribution is -0.406. The van der Waals surface area contributed by atoms with E-state index >= 15 is 0 Å². The fraction of sp³-hybridized carbons (Fsp3) is 0.375. The first-order valence-corrected chi connectivity index (χ1v) is 4.59. The summed E-state index contributed by atoms with van der Waals surface area (Å²) >= 11 is 5.65. The Balaban J connectivity index is 2.57. The van der Waals surface area contributed by atoms with E-state index < -0.39 is 18.0 Å². The van der Waals surface area contributed by atoms with Gasteiger partial charge in [0.25, 0.3) is 5.84 Å². The minimum atomic E-state index is -0.796. The van der Waals surface area contributed by atoms with E-state index in [1.807, 2.05) is 0 Å². The van der Waals surface area contributed by atoms with E-state index in [4.69, 9.17) is 11.6 Å². The molecule has 1 atom stereocenters. The van der Waals surface area contributed by atoms with Crippen molar-refractivity contribution in [1.29, 1.82) is 0 Å². The van der Waals surface area contributed by atoms with Gasteiger partial charge in [-0.15, -0.1) is 4.99 Å². The molecule has 1 unspecified atom stereocenters. The Hall–Kier alpha value is -1.56. The van der Waals surface area contributed by atoms with Crippen LogP contribution in [0.25, 0.3) is 0 Å². The Bertz CT molecular complexity index is 452. The molecule has 2 aliphatic rings. The van der Waals surface area contributed by atoms with Gasteiger partial charge in [0.2, 0.25) is 6.04 Å². The second-order valence-corrected chi connectivity index (χ2v) is 3.60. The number of carbonyl (C=O) groups excluding carboxylic acids is 2. The molecular weight excluding hydrogens is 220 g/mol. The lowest BCUT2D eigenvalue weighted by Crippen LogP contribution is -2.54. The van der Waals surface area contributed by atoms with E-state index in [0.717, 1.165) is 4.90 Å². The van der Waals surface area contributed by atoms with Crippen LogP contribution in [0, 0.1) is 0 Å². The van der Waals surface area contributed by atoms with Crippen molar-refractivity contribution in [3.63, 3.8) is 0 Å². The van der Waals surface area contributed by atoms with Gasteiger partial charge in [-0.1, -0.05) is 11.6 Å². The topological polar surface area (TPSA) is 65.1 Å². The summed E-state index contributed by atoms with van der Waals surface area (Å²) in [4.78, 5) is 32.1. The van der Waals surface area contributed by atoms with Crippen LogP contribution in [0.1, 0.15) is 0 Å². The quantitative estimate of drug-likeness (QED) is 0.534. The van der Waals surface area contributed by atoms with Crippen molar-refractivity contribution >= 4 is 40.8 Å². The van der Waals surface area contributed by atoms with Gasteiger partial charge in [0.05, 0.1) is 14.1 Å². The zero-order valence-electron chi connectivity index (χ0n) is 8.14. The van der Waals surface area contributed by atoms with Crippen LogP contribution in [0.2, 0.25) is 0 Å². The Kier molecular flexibility index (Phi) is 2.15. The SMILES string of the molecule is CN1C(=O)C2N=C(Cl)C=NC2=[N+](C)C1=O. The number of nitrogens with zero attached hydrogens (tertiary/aromatic N) is 4. The van der Waals surface area contributed by atoms with Crippen LogP contribution in [0.3, 0.4) is 0 Å². The number of rotatable bonds is 0. The maximum absolute atomic E-state index is 11.7. The van der Waals surface area contributed by atoms with Crippen molar-refractivity contribution in [2.24, 2.45) is 9.98 Å². The number of hydrogen-bond acceptors (Lipinski definition) is 4. The fourth-order valence-electron chi connectivity index (χ4n) is 1.44. The van der Waals surface area contributed by atoms with E-state index in [2.05, 4.69) is 9.98 Å². The van der Waals surface area contributed by atoms with E-state index in [-0.39, 0.29) is 5.17 Å². The molecule has 0 fully saturated rings. The molecule has 78 valence electrons. The molecule has 15 heavy (non-hydrogen) atoms. The molecule has 2 rings (SSSR count). The summed E-state index contributed by atoms with van der Waals surface area (Å²) in [6.07, 6.45) is 1.32. The summed E-state index contributed by atoms with van der Waals surface area (Å²) in [5, 5.41) is 0.160. The molecule has 0 saturated heterocycles. The summed E-state index contributed by atoms with van der Waals surface area (Å²) < 4.78 is 1.29. The molecule has 0 spiro atoms. The molecule has 7 heteroatoms. The van der Waals surface area contributed by atoms with Gasteiger partial charge < -0.3 is 0 Å². The summed E-state index contributed by atoms with van der Waals surface area (Å²) in [6, 6.07) is -1.22. The first-order chi connectivity index (χ1) is 7.02. The molecule has 0 aromatic heterocycles. The van der Waals surface area contributed by atoms with Crippen molar-refractivity contribution in [2.45, 2.75) is 6.04 Å². The van der Waals surface area contributed by atoms with Gasteiger partial charge in [-0.05, 0) is 0 Å². The van der Waals surface area contributed by atoms with Gasteiger partial charge in [0, 0.05) is 0 Å². The number of likely N-dealkylation sites (N-methyl/N-ethyl adjacent to an activating group) is 1. The average Bonchev–Trinajstić information content (AvgIpc) is 2.23. The monoisotopic (exact) mass is 227 g/mol. The van der Waals surface area contributed by atoms with Gasteiger partial charge in [-0.3, -0.25) is 4.79 Å². The van der Waals surface area contributed by atoms with Crippen LogP contribution >= 0.6 is 11.6 Å².